The Labute approximate surface area is 222 Å². The fraction of sp³-hybridized carbons (Fsp3) is 0.355. The lowest BCUT2D eigenvalue weighted by molar-refractivity contribution is -0.156. The number of alkyl halides is 3. The van der Waals surface area contributed by atoms with E-state index >= 15 is 0 Å². The highest BCUT2D eigenvalue weighted by atomic mass is 19.4. The number of carbonyl (C=O) groups excluding carboxylic acids is 1. The second kappa shape index (κ2) is 13.8. The Kier molecular flexibility index (Phi) is 10.5. The number of hydrogen-bond donors (Lipinski definition) is 1. The van der Waals surface area contributed by atoms with Gasteiger partial charge in [0.1, 0.15) is 0 Å². The van der Waals surface area contributed by atoms with E-state index in [1.165, 1.54) is 48.9 Å². The van der Waals surface area contributed by atoms with Gasteiger partial charge in [-0.15, -0.1) is 0 Å². The lowest BCUT2D eigenvalue weighted by Crippen LogP contribution is -2.35. The van der Waals surface area contributed by atoms with E-state index in [2.05, 4.69) is 31.2 Å². The summed E-state index contributed by atoms with van der Waals surface area (Å²) in [5, 5.41) is 9.22. The predicted molar refractivity (Wildman–Crippen MR) is 141 cm³/mol. The molecule has 0 aliphatic carbocycles. The van der Waals surface area contributed by atoms with E-state index in [0.29, 0.717) is 5.56 Å². The average molecular weight is 526 g/mol. The number of carboxylic acid groups (broad SMARTS) is 1. The molecule has 3 aromatic rings. The van der Waals surface area contributed by atoms with Gasteiger partial charge < -0.3 is 10.0 Å². The summed E-state index contributed by atoms with van der Waals surface area (Å²) in [5.41, 5.74) is 4.11. The number of aryl methyl sites for hydroxylation is 3. The van der Waals surface area contributed by atoms with Crippen LogP contribution in [0.15, 0.2) is 72.8 Å². The summed E-state index contributed by atoms with van der Waals surface area (Å²) >= 11 is 0. The lowest BCUT2D eigenvalue weighted by atomic mass is 10.0. The zero-order valence-corrected chi connectivity index (χ0v) is 21.6. The number of unbranched alkanes of at least 4 members (excludes halogenated alkanes) is 3. The van der Waals surface area contributed by atoms with Gasteiger partial charge in [-0.3, -0.25) is 4.79 Å². The molecule has 7 heteroatoms. The minimum Gasteiger partial charge on any atom is -0.474 e. The molecule has 0 aliphatic heterocycles. The summed E-state index contributed by atoms with van der Waals surface area (Å²) < 4.78 is 38.5. The predicted octanol–water partition coefficient (Wildman–Crippen LogP) is 7.23. The molecule has 202 valence electrons. The minimum atomic E-state index is -4.46. The van der Waals surface area contributed by atoms with Crippen molar-refractivity contribution in [3.05, 3.63) is 106 Å². The Bertz CT molecular complexity index is 1170. The first-order valence-corrected chi connectivity index (χ1v) is 13.0. The molecule has 0 aromatic heterocycles. The molecule has 0 radical (unpaired) electrons. The minimum absolute atomic E-state index is 0.0339. The highest BCUT2D eigenvalue weighted by Gasteiger charge is 2.30. The molecule has 0 unspecified atom stereocenters. The van der Waals surface area contributed by atoms with Crippen molar-refractivity contribution in [1.82, 2.24) is 4.90 Å². The number of amides is 1. The molecule has 0 saturated heterocycles. The van der Waals surface area contributed by atoms with Gasteiger partial charge in [0.15, 0.2) is 0 Å². The Morgan fingerprint density at radius 2 is 1.08 bits per heavy atom. The fourth-order valence-electron chi connectivity index (χ4n) is 4.30. The van der Waals surface area contributed by atoms with E-state index in [1.54, 1.807) is 0 Å². The zero-order valence-electron chi connectivity index (χ0n) is 21.6. The third-order valence-electron chi connectivity index (χ3n) is 6.57. The number of carbonyl (C=O) groups is 2. The molecule has 0 heterocycles. The number of aliphatic carboxylic acids is 1. The van der Waals surface area contributed by atoms with Crippen molar-refractivity contribution >= 4 is 11.9 Å². The summed E-state index contributed by atoms with van der Waals surface area (Å²) in [6.45, 7) is 2.14. The highest BCUT2D eigenvalue weighted by Crippen LogP contribution is 2.29. The molecule has 0 atom stereocenters. The SMILES string of the molecule is CCCCCCc1ccc(CCc2ccc(CN(Cc3ccc(C(F)(F)F)cc3)C(=O)C(=O)O)cc2)cc1. The van der Waals surface area contributed by atoms with Crippen LogP contribution in [0.2, 0.25) is 0 Å². The number of rotatable bonds is 12. The summed E-state index contributed by atoms with van der Waals surface area (Å²) in [7, 11) is 0. The van der Waals surface area contributed by atoms with E-state index in [4.69, 9.17) is 0 Å². The van der Waals surface area contributed by atoms with Crippen molar-refractivity contribution in [2.45, 2.75) is 71.1 Å². The van der Waals surface area contributed by atoms with Crippen LogP contribution in [0.5, 0.6) is 0 Å². The van der Waals surface area contributed by atoms with Crippen molar-refractivity contribution in [1.29, 1.82) is 0 Å². The first-order chi connectivity index (χ1) is 18.2. The number of nitrogens with zero attached hydrogens (tertiary/aromatic N) is 1. The largest absolute Gasteiger partial charge is 0.474 e. The van der Waals surface area contributed by atoms with E-state index < -0.39 is 23.6 Å². The highest BCUT2D eigenvalue weighted by molar-refractivity contribution is 6.31. The van der Waals surface area contributed by atoms with Crippen LogP contribution in [0.1, 0.15) is 66.0 Å². The third-order valence-corrected chi connectivity index (χ3v) is 6.57. The lowest BCUT2D eigenvalue weighted by Gasteiger charge is -2.21. The smallest absolute Gasteiger partial charge is 0.416 e. The number of halogens is 3. The van der Waals surface area contributed by atoms with E-state index in [0.717, 1.165) is 47.4 Å². The van der Waals surface area contributed by atoms with Gasteiger partial charge in [-0.2, -0.15) is 13.2 Å². The Hall–Kier alpha value is -3.61. The Balaban J connectivity index is 1.56. The number of benzene rings is 3. The van der Waals surface area contributed by atoms with Crippen LogP contribution in [-0.2, 0) is 48.1 Å². The molecule has 1 amide bonds. The monoisotopic (exact) mass is 525 g/mol. The summed E-state index contributed by atoms with van der Waals surface area (Å²) in [5.74, 6) is -2.72. The topological polar surface area (TPSA) is 57.6 Å². The van der Waals surface area contributed by atoms with Gasteiger partial charge >= 0.3 is 18.1 Å². The van der Waals surface area contributed by atoms with E-state index in [9.17, 15) is 27.9 Å². The number of hydrogen-bond acceptors (Lipinski definition) is 2. The van der Waals surface area contributed by atoms with Crippen LogP contribution < -0.4 is 0 Å². The maximum Gasteiger partial charge on any atom is 0.416 e. The molecule has 3 rings (SSSR count). The van der Waals surface area contributed by atoms with Gasteiger partial charge in [0.2, 0.25) is 0 Å². The van der Waals surface area contributed by atoms with Crippen molar-refractivity contribution in [3.63, 3.8) is 0 Å². The van der Waals surface area contributed by atoms with Gasteiger partial charge in [-0.25, -0.2) is 4.79 Å². The molecule has 0 aliphatic rings. The molecule has 0 fully saturated rings. The molecule has 4 nitrogen and oxygen atoms in total. The fourth-order valence-corrected chi connectivity index (χ4v) is 4.30. The first kappa shape index (κ1) is 29.0. The standard InChI is InChI=1S/C31H34F3NO3/c1-2-3-4-5-6-23-7-9-24(10-8-23)11-12-25-13-15-26(16-14-25)21-35(29(36)30(37)38)22-27-17-19-28(20-18-27)31(32,33)34/h7-10,13-20H,2-6,11-12,21-22H2,1H3,(H,37,38). The second-order valence-electron chi connectivity index (χ2n) is 9.60. The van der Waals surface area contributed by atoms with Gasteiger partial charge in [0.05, 0.1) is 5.56 Å². The Morgan fingerprint density at radius 3 is 1.50 bits per heavy atom. The molecule has 38 heavy (non-hydrogen) atoms. The first-order valence-electron chi connectivity index (χ1n) is 13.0. The van der Waals surface area contributed by atoms with Gasteiger partial charge in [0.25, 0.3) is 0 Å². The van der Waals surface area contributed by atoms with Crippen LogP contribution in [0.25, 0.3) is 0 Å². The van der Waals surface area contributed by atoms with Crippen molar-refractivity contribution in [2.75, 3.05) is 0 Å². The van der Waals surface area contributed by atoms with Crippen LogP contribution in [-0.4, -0.2) is 21.9 Å². The molecular weight excluding hydrogens is 491 g/mol. The van der Waals surface area contributed by atoms with Gasteiger partial charge in [-0.05, 0) is 65.6 Å². The third kappa shape index (κ3) is 9.05. The van der Waals surface area contributed by atoms with Crippen LogP contribution in [0, 0.1) is 0 Å². The summed E-state index contributed by atoms with van der Waals surface area (Å²) in [4.78, 5) is 24.7. The Morgan fingerprint density at radius 1 is 0.658 bits per heavy atom. The maximum atomic E-state index is 12.8. The molecular formula is C31H34F3NO3. The maximum absolute atomic E-state index is 12.8. The summed E-state index contributed by atoms with van der Waals surface area (Å²) in [6.07, 6.45) is 3.40. The van der Waals surface area contributed by atoms with Gasteiger partial charge in [-0.1, -0.05) is 86.8 Å². The molecule has 1 N–H and O–H groups in total. The van der Waals surface area contributed by atoms with Crippen molar-refractivity contribution in [3.8, 4) is 0 Å². The van der Waals surface area contributed by atoms with Crippen molar-refractivity contribution < 1.29 is 27.9 Å². The number of carboxylic acids is 1. The second-order valence-corrected chi connectivity index (χ2v) is 9.60. The zero-order chi connectivity index (χ0) is 27.5. The molecule has 0 saturated carbocycles. The van der Waals surface area contributed by atoms with E-state index in [1.807, 2.05) is 24.3 Å². The van der Waals surface area contributed by atoms with Gasteiger partial charge in [0, 0.05) is 13.1 Å². The van der Waals surface area contributed by atoms with Crippen LogP contribution in [0.3, 0.4) is 0 Å². The van der Waals surface area contributed by atoms with Crippen LogP contribution >= 0.6 is 0 Å². The quantitative estimate of drug-likeness (QED) is 0.201. The van der Waals surface area contributed by atoms with E-state index in [-0.39, 0.29) is 13.1 Å². The van der Waals surface area contributed by atoms with Crippen molar-refractivity contribution in [2.24, 2.45) is 0 Å². The summed E-state index contributed by atoms with van der Waals surface area (Å²) in [6, 6.07) is 20.7. The normalized spacial score (nSPS) is 11.4. The average Bonchev–Trinajstić information content (AvgIpc) is 2.90. The molecule has 0 spiro atoms. The molecule has 3 aromatic carbocycles. The molecule has 0 bridgehead atoms. The van der Waals surface area contributed by atoms with Crippen LogP contribution in [0.4, 0.5) is 13.2 Å².